The third-order valence-electron chi connectivity index (χ3n) is 2.78. The van der Waals surface area contributed by atoms with Crippen molar-refractivity contribution in [1.29, 1.82) is 0 Å². The summed E-state index contributed by atoms with van der Waals surface area (Å²) in [7, 11) is -6.59. The summed E-state index contributed by atoms with van der Waals surface area (Å²) in [5, 5.41) is 0. The Kier molecular flexibility index (Phi) is 15.2. The van der Waals surface area contributed by atoms with E-state index in [1.54, 1.807) is 0 Å². The van der Waals surface area contributed by atoms with Gasteiger partial charge in [-0.2, -0.15) is 0 Å². The fourth-order valence-corrected chi connectivity index (χ4v) is 8.20. The molecule has 0 saturated carbocycles. The van der Waals surface area contributed by atoms with Gasteiger partial charge in [0.2, 0.25) is 0 Å². The van der Waals surface area contributed by atoms with E-state index in [4.69, 9.17) is 29.1 Å². The third-order valence-corrected chi connectivity index (χ3v) is 8.74. The van der Waals surface area contributed by atoms with Gasteiger partial charge in [-0.05, 0) is 0 Å². The van der Waals surface area contributed by atoms with Crippen LogP contribution in [0, 0.1) is 23.7 Å². The van der Waals surface area contributed by atoms with Gasteiger partial charge in [-0.1, -0.05) is 0 Å². The average molecular weight is 448 g/mol. The number of hydrogen-bond acceptors (Lipinski definition) is 6. The number of nitrogens with two attached hydrogens (primary N) is 2. The molecule has 27 heavy (non-hydrogen) atoms. The molecule has 8 nitrogen and oxygen atoms in total. The second kappa shape index (κ2) is 14.7. The minimum absolute atomic E-state index is 0.321. The van der Waals surface area contributed by atoms with E-state index in [2.05, 4.69) is 64.8 Å². The van der Waals surface area contributed by atoms with E-state index in [9.17, 15) is 0 Å². The molecule has 0 amide bonds. The van der Waals surface area contributed by atoms with Crippen LogP contribution >= 0.6 is 24.6 Å². The molecule has 0 atom stereocenters. The number of hydrogen-bond donors (Lipinski definition) is 3. The first-order valence-corrected chi connectivity index (χ1v) is 14.2. The molecule has 0 aromatic carbocycles. The SMILES string of the molecule is CC(C)COP(N[PH](N=[PH](N)N)(OCC(C)C)OCC(C)C)OCC(C)C. The van der Waals surface area contributed by atoms with Crippen LogP contribution in [0.1, 0.15) is 55.4 Å². The molecule has 0 aromatic rings. The summed E-state index contributed by atoms with van der Waals surface area (Å²) in [5.41, 5.74) is 11.8. The molecular formula is C16H43N4O4P3. The van der Waals surface area contributed by atoms with Gasteiger partial charge in [0.1, 0.15) is 0 Å². The van der Waals surface area contributed by atoms with Gasteiger partial charge in [-0.3, -0.25) is 0 Å². The number of nitrogens with zero attached hydrogens (tertiary/aromatic N) is 1. The number of rotatable bonds is 15. The van der Waals surface area contributed by atoms with Crippen LogP contribution < -0.4 is 15.9 Å². The van der Waals surface area contributed by atoms with E-state index in [0.29, 0.717) is 50.1 Å². The van der Waals surface area contributed by atoms with E-state index < -0.39 is 24.6 Å². The van der Waals surface area contributed by atoms with Gasteiger partial charge in [0.15, 0.2) is 0 Å². The van der Waals surface area contributed by atoms with E-state index in [1.165, 1.54) is 0 Å². The zero-order chi connectivity index (χ0) is 21.0. The second-order valence-electron chi connectivity index (χ2n) is 8.28. The predicted octanol–water partition coefficient (Wildman–Crippen LogP) is 5.05. The van der Waals surface area contributed by atoms with Gasteiger partial charge >= 0.3 is 169 Å². The first-order chi connectivity index (χ1) is 12.5. The Balaban J connectivity index is 5.51. The molecule has 0 unspecified atom stereocenters. The van der Waals surface area contributed by atoms with Crippen molar-refractivity contribution < 1.29 is 18.1 Å². The summed E-state index contributed by atoms with van der Waals surface area (Å²) < 4.78 is 28.8. The van der Waals surface area contributed by atoms with Crippen LogP contribution in [-0.2, 0) is 18.1 Å². The third kappa shape index (κ3) is 15.3. The van der Waals surface area contributed by atoms with E-state index in [1.807, 2.05) is 0 Å². The Bertz CT molecular complexity index is 398. The van der Waals surface area contributed by atoms with Gasteiger partial charge < -0.3 is 0 Å². The van der Waals surface area contributed by atoms with Crippen molar-refractivity contribution in [3.63, 3.8) is 0 Å². The van der Waals surface area contributed by atoms with Crippen molar-refractivity contribution in [3.05, 3.63) is 0 Å². The summed E-state index contributed by atoms with van der Waals surface area (Å²) in [6.07, 6.45) is 0. The van der Waals surface area contributed by atoms with Crippen molar-refractivity contribution in [2.45, 2.75) is 55.4 Å². The molecule has 166 valence electrons. The van der Waals surface area contributed by atoms with Gasteiger partial charge in [0.05, 0.1) is 0 Å². The first-order valence-electron chi connectivity index (χ1n) is 9.68. The zero-order valence-corrected chi connectivity index (χ0v) is 21.2. The van der Waals surface area contributed by atoms with Crippen molar-refractivity contribution in [3.8, 4) is 0 Å². The van der Waals surface area contributed by atoms with Gasteiger partial charge in [0, 0.05) is 0 Å². The first kappa shape index (κ1) is 27.8. The van der Waals surface area contributed by atoms with Crippen molar-refractivity contribution in [2.75, 3.05) is 26.4 Å². The monoisotopic (exact) mass is 448 g/mol. The van der Waals surface area contributed by atoms with Crippen LogP contribution in [0.3, 0.4) is 0 Å². The molecule has 0 rings (SSSR count). The fraction of sp³-hybridized carbons (Fsp3) is 1.00. The summed E-state index contributed by atoms with van der Waals surface area (Å²) >= 11 is 0. The Hall–Kier alpha value is 0.810. The van der Waals surface area contributed by atoms with Crippen LogP contribution in [0.25, 0.3) is 0 Å². The van der Waals surface area contributed by atoms with E-state index >= 15 is 0 Å². The molecule has 0 aliphatic rings. The zero-order valence-electron chi connectivity index (χ0n) is 18.3. The predicted molar refractivity (Wildman–Crippen MR) is 121 cm³/mol. The molecule has 0 spiro atoms. The quantitative estimate of drug-likeness (QED) is 0.301. The summed E-state index contributed by atoms with van der Waals surface area (Å²) in [5.74, 6) is 1.40. The molecule has 0 aliphatic carbocycles. The Labute approximate surface area is 169 Å². The van der Waals surface area contributed by atoms with Gasteiger partial charge in [0.25, 0.3) is 0 Å². The van der Waals surface area contributed by atoms with E-state index in [-0.39, 0.29) is 0 Å². The second-order valence-corrected chi connectivity index (χ2v) is 13.7. The van der Waals surface area contributed by atoms with Crippen molar-refractivity contribution in [1.82, 2.24) is 4.86 Å². The molecule has 0 aliphatic heterocycles. The Morgan fingerprint density at radius 3 is 1.44 bits per heavy atom. The molecule has 5 N–H and O–H groups in total. The standard InChI is InChI=1S/C16H43N4O4P3/c1-13(2)9-21-26(22-10-14(3)4)20-27(19-25(17)18,23-11-15(5)6)24-12-16(7)8/h13-16,20,25,27H,9-12H2,1-8H3,(H4,17,18,19). The van der Waals surface area contributed by atoms with Crippen molar-refractivity contribution in [2.24, 2.45) is 39.2 Å². The van der Waals surface area contributed by atoms with Gasteiger partial charge in [-0.15, -0.1) is 0 Å². The van der Waals surface area contributed by atoms with Crippen LogP contribution in [0.4, 0.5) is 0 Å². The van der Waals surface area contributed by atoms with Gasteiger partial charge in [-0.25, -0.2) is 0 Å². The normalized spacial score (nSPS) is 13.8. The molecule has 0 heterocycles. The Morgan fingerprint density at radius 1 is 0.778 bits per heavy atom. The molecule has 0 fully saturated rings. The number of nitrogens with one attached hydrogen (secondary N) is 1. The minimum atomic E-state index is -3.24. The fourth-order valence-electron chi connectivity index (χ4n) is 1.58. The Morgan fingerprint density at radius 2 is 1.15 bits per heavy atom. The molecule has 0 saturated heterocycles. The average Bonchev–Trinajstić information content (AvgIpc) is 2.52. The van der Waals surface area contributed by atoms with Crippen LogP contribution in [0.2, 0.25) is 0 Å². The molecule has 0 bridgehead atoms. The van der Waals surface area contributed by atoms with Crippen LogP contribution in [0.15, 0.2) is 4.52 Å². The van der Waals surface area contributed by atoms with Crippen LogP contribution in [0.5, 0.6) is 0 Å². The maximum atomic E-state index is 6.16. The summed E-state index contributed by atoms with van der Waals surface area (Å²) in [6, 6.07) is 0. The summed E-state index contributed by atoms with van der Waals surface area (Å²) in [4.78, 5) is 3.33. The summed E-state index contributed by atoms with van der Waals surface area (Å²) in [6.45, 7) is 18.8. The molecule has 11 heteroatoms. The topological polar surface area (TPSA) is 113 Å². The van der Waals surface area contributed by atoms with Crippen LogP contribution in [-0.4, -0.2) is 26.4 Å². The van der Waals surface area contributed by atoms with Crippen molar-refractivity contribution >= 4 is 24.6 Å². The molecule has 0 radical (unpaired) electrons. The molecule has 0 aromatic heterocycles. The maximum absolute atomic E-state index is 6.16. The molecular weight excluding hydrogens is 405 g/mol. The van der Waals surface area contributed by atoms with E-state index in [0.717, 1.165) is 0 Å².